The molecule has 0 bridgehead atoms. The van der Waals surface area contributed by atoms with E-state index in [0.717, 1.165) is 0 Å². The molecule has 0 saturated carbocycles. The second kappa shape index (κ2) is 6.02. The molecule has 0 fully saturated rings. The van der Waals surface area contributed by atoms with E-state index in [1.54, 1.807) is 19.1 Å². The first-order chi connectivity index (χ1) is 8.19. The molecule has 0 aliphatic heterocycles. The van der Waals surface area contributed by atoms with Gasteiger partial charge >= 0.3 is 6.18 Å². The summed E-state index contributed by atoms with van der Waals surface area (Å²) in [7, 11) is 0. The maximum atomic E-state index is 13.5. The number of alkyl halides is 3. The number of hydrogen-bond acceptors (Lipinski definition) is 1. The summed E-state index contributed by atoms with van der Waals surface area (Å²) in [5.74, 6) is -0.433. The molecule has 1 aromatic carbocycles. The molecule has 1 rings (SSSR count). The van der Waals surface area contributed by atoms with Crippen molar-refractivity contribution in [1.82, 2.24) is 5.32 Å². The molecule has 0 spiro atoms. The van der Waals surface area contributed by atoms with Crippen LogP contribution in [0.1, 0.15) is 31.9 Å². The Balaban J connectivity index is 2.70. The van der Waals surface area contributed by atoms with Crippen LogP contribution in [0.4, 0.5) is 17.6 Å². The van der Waals surface area contributed by atoms with E-state index >= 15 is 0 Å². The molecular weight excluding hydrogens is 314 g/mol. The Hall–Kier alpha value is -0.620. The highest BCUT2D eigenvalue weighted by Gasteiger charge is 2.30. The molecule has 1 N–H and O–H groups in total. The van der Waals surface area contributed by atoms with Gasteiger partial charge in [-0.1, -0.05) is 15.9 Å². The largest absolute Gasteiger partial charge is 0.390 e. The molecule has 0 saturated heterocycles. The van der Waals surface area contributed by atoms with Gasteiger partial charge in [0.05, 0.1) is 6.42 Å². The van der Waals surface area contributed by atoms with Crippen LogP contribution in [0.3, 0.4) is 0 Å². The number of hydrogen-bond donors (Lipinski definition) is 1. The minimum atomic E-state index is -4.22. The molecular formula is C12H14BrF4N. The average molecular weight is 328 g/mol. The van der Waals surface area contributed by atoms with Crippen LogP contribution in [-0.2, 0) is 0 Å². The lowest BCUT2D eigenvalue weighted by molar-refractivity contribution is -0.139. The van der Waals surface area contributed by atoms with Crippen LogP contribution in [0.2, 0.25) is 0 Å². The minimum absolute atomic E-state index is 0.346. The standard InChI is InChI=1S/C12H14BrF4N/c1-7(6-12(15,16)17)18-8(2)10-5-9(13)3-4-11(10)14/h3-5,7-8,18H,6H2,1-2H3. The monoisotopic (exact) mass is 327 g/mol. The fourth-order valence-electron chi connectivity index (χ4n) is 1.77. The van der Waals surface area contributed by atoms with Crippen molar-refractivity contribution in [2.45, 2.75) is 38.5 Å². The first-order valence-corrected chi connectivity index (χ1v) is 6.26. The van der Waals surface area contributed by atoms with Gasteiger partial charge in [-0.3, -0.25) is 0 Å². The highest BCUT2D eigenvalue weighted by molar-refractivity contribution is 9.10. The van der Waals surface area contributed by atoms with Gasteiger partial charge in [-0.15, -0.1) is 0 Å². The predicted octanol–water partition coefficient (Wildman–Crippen LogP) is 4.58. The minimum Gasteiger partial charge on any atom is -0.307 e. The van der Waals surface area contributed by atoms with Crippen molar-refractivity contribution in [1.29, 1.82) is 0 Å². The molecule has 1 nitrogen and oxygen atoms in total. The van der Waals surface area contributed by atoms with Gasteiger partial charge in [0.2, 0.25) is 0 Å². The van der Waals surface area contributed by atoms with E-state index < -0.39 is 30.5 Å². The third-order valence-corrected chi connectivity index (χ3v) is 2.99. The van der Waals surface area contributed by atoms with Gasteiger partial charge in [-0.05, 0) is 32.0 Å². The van der Waals surface area contributed by atoms with Crippen molar-refractivity contribution >= 4 is 15.9 Å². The highest BCUT2D eigenvalue weighted by atomic mass is 79.9. The molecule has 0 aliphatic carbocycles. The SMILES string of the molecule is CC(CC(F)(F)F)NC(C)c1cc(Br)ccc1F. The zero-order valence-electron chi connectivity index (χ0n) is 9.98. The fraction of sp³-hybridized carbons (Fsp3) is 0.500. The van der Waals surface area contributed by atoms with Crippen LogP contribution < -0.4 is 5.32 Å². The van der Waals surface area contributed by atoms with Crippen LogP contribution in [0.25, 0.3) is 0 Å². The van der Waals surface area contributed by atoms with Crippen molar-refractivity contribution in [2.75, 3.05) is 0 Å². The topological polar surface area (TPSA) is 12.0 Å². The lowest BCUT2D eigenvalue weighted by Crippen LogP contribution is -2.33. The van der Waals surface area contributed by atoms with Crippen LogP contribution in [0.5, 0.6) is 0 Å². The van der Waals surface area contributed by atoms with Gasteiger partial charge in [0, 0.05) is 22.1 Å². The van der Waals surface area contributed by atoms with Crippen LogP contribution >= 0.6 is 15.9 Å². The van der Waals surface area contributed by atoms with Crippen molar-refractivity contribution in [3.8, 4) is 0 Å². The summed E-state index contributed by atoms with van der Waals surface area (Å²) in [6.07, 6.45) is -5.16. The molecule has 1 aromatic rings. The number of rotatable bonds is 4. The van der Waals surface area contributed by atoms with E-state index in [4.69, 9.17) is 0 Å². The van der Waals surface area contributed by atoms with Gasteiger partial charge in [0.15, 0.2) is 0 Å². The Morgan fingerprint density at radius 2 is 1.89 bits per heavy atom. The van der Waals surface area contributed by atoms with Crippen molar-refractivity contribution in [2.24, 2.45) is 0 Å². The van der Waals surface area contributed by atoms with E-state index in [-0.39, 0.29) is 0 Å². The van der Waals surface area contributed by atoms with E-state index in [1.165, 1.54) is 13.0 Å². The second-order valence-corrected chi connectivity index (χ2v) is 5.19. The number of halogens is 5. The number of nitrogens with one attached hydrogen (secondary N) is 1. The Morgan fingerprint density at radius 3 is 2.44 bits per heavy atom. The summed E-state index contributed by atoms with van der Waals surface area (Å²) in [4.78, 5) is 0. The van der Waals surface area contributed by atoms with Crippen molar-refractivity contribution in [3.05, 3.63) is 34.1 Å². The van der Waals surface area contributed by atoms with Gasteiger partial charge < -0.3 is 5.32 Å². The molecule has 102 valence electrons. The van der Waals surface area contributed by atoms with Crippen molar-refractivity contribution < 1.29 is 17.6 Å². The third kappa shape index (κ3) is 4.94. The molecule has 0 amide bonds. The summed E-state index contributed by atoms with van der Waals surface area (Å²) >= 11 is 3.21. The van der Waals surface area contributed by atoms with E-state index in [1.807, 2.05) is 0 Å². The van der Waals surface area contributed by atoms with Gasteiger partial charge in [0.1, 0.15) is 5.82 Å². The molecule has 18 heavy (non-hydrogen) atoms. The van der Waals surface area contributed by atoms with E-state index in [2.05, 4.69) is 21.2 Å². The Bertz CT molecular complexity index is 406. The molecule has 0 radical (unpaired) electrons. The van der Waals surface area contributed by atoms with Crippen LogP contribution in [0.15, 0.2) is 22.7 Å². The van der Waals surface area contributed by atoms with Gasteiger partial charge in [0.25, 0.3) is 0 Å². The predicted molar refractivity (Wildman–Crippen MR) is 65.8 cm³/mol. The molecule has 2 atom stereocenters. The summed E-state index contributed by atoms with van der Waals surface area (Å²) < 4.78 is 50.8. The normalized spacial score (nSPS) is 15.5. The lowest BCUT2D eigenvalue weighted by Gasteiger charge is -2.22. The first-order valence-electron chi connectivity index (χ1n) is 5.47. The molecule has 0 aromatic heterocycles. The average Bonchev–Trinajstić information content (AvgIpc) is 2.18. The summed E-state index contributed by atoms with van der Waals surface area (Å²) in [5.41, 5.74) is 0.346. The Morgan fingerprint density at radius 1 is 1.28 bits per heavy atom. The number of benzene rings is 1. The Kier molecular flexibility index (Phi) is 5.16. The van der Waals surface area contributed by atoms with E-state index in [0.29, 0.717) is 10.0 Å². The smallest absolute Gasteiger partial charge is 0.307 e. The zero-order chi connectivity index (χ0) is 13.9. The summed E-state index contributed by atoms with van der Waals surface area (Å²) in [5, 5.41) is 2.74. The lowest BCUT2D eigenvalue weighted by atomic mass is 10.1. The van der Waals surface area contributed by atoms with Crippen LogP contribution in [-0.4, -0.2) is 12.2 Å². The highest BCUT2D eigenvalue weighted by Crippen LogP contribution is 2.25. The van der Waals surface area contributed by atoms with E-state index in [9.17, 15) is 17.6 Å². The van der Waals surface area contributed by atoms with Crippen LogP contribution in [0, 0.1) is 5.82 Å². The molecule has 6 heteroatoms. The molecule has 0 heterocycles. The van der Waals surface area contributed by atoms with Crippen molar-refractivity contribution in [3.63, 3.8) is 0 Å². The second-order valence-electron chi connectivity index (χ2n) is 4.27. The van der Waals surface area contributed by atoms with Gasteiger partial charge in [-0.2, -0.15) is 13.2 Å². The quantitative estimate of drug-likeness (QED) is 0.798. The van der Waals surface area contributed by atoms with Gasteiger partial charge in [-0.25, -0.2) is 4.39 Å². The maximum Gasteiger partial charge on any atom is 0.390 e. The molecule has 0 aliphatic rings. The Labute approximate surface area is 112 Å². The summed E-state index contributed by atoms with van der Waals surface area (Å²) in [6, 6.07) is 3.14. The zero-order valence-corrected chi connectivity index (χ0v) is 11.6. The summed E-state index contributed by atoms with van der Waals surface area (Å²) in [6.45, 7) is 3.07. The molecule has 2 unspecified atom stereocenters. The maximum absolute atomic E-state index is 13.5. The third-order valence-electron chi connectivity index (χ3n) is 2.50. The fourth-order valence-corrected chi connectivity index (χ4v) is 2.15. The first kappa shape index (κ1) is 15.4.